The Hall–Kier alpha value is -1.00. The molecule has 7 nitrogen and oxygen atoms in total. The van der Waals surface area contributed by atoms with Crippen molar-refractivity contribution in [2.45, 2.75) is 19.2 Å². The summed E-state index contributed by atoms with van der Waals surface area (Å²) in [5.74, 6) is 0.662. The van der Waals surface area contributed by atoms with E-state index in [1.807, 2.05) is 0 Å². The first-order chi connectivity index (χ1) is 8.83. The number of rotatable bonds is 7. The largest absolute Gasteiger partial charge is 0.496 e. The van der Waals surface area contributed by atoms with E-state index in [9.17, 15) is 12.6 Å². The summed E-state index contributed by atoms with van der Waals surface area (Å²) in [6, 6.07) is 4.87. The van der Waals surface area contributed by atoms with E-state index < -0.39 is 28.1 Å². The van der Waals surface area contributed by atoms with Crippen molar-refractivity contribution in [2.24, 2.45) is 0 Å². The van der Waals surface area contributed by atoms with Gasteiger partial charge >= 0.3 is 10.4 Å². The quantitative estimate of drug-likeness (QED) is 0.598. The Labute approximate surface area is 121 Å². The average molecular weight is 326 g/mol. The zero-order chi connectivity index (χ0) is 14.5. The van der Waals surface area contributed by atoms with Crippen LogP contribution in [0.15, 0.2) is 23.1 Å². The average Bonchev–Trinajstić information content (AvgIpc) is 2.33. The molecule has 0 bridgehead atoms. The normalized spacial score (nSPS) is 12.6. The van der Waals surface area contributed by atoms with Crippen molar-refractivity contribution in [3.8, 4) is 5.75 Å². The fourth-order valence-electron chi connectivity index (χ4n) is 1.27. The zero-order valence-electron chi connectivity index (χ0n) is 10.4. The molecule has 0 heterocycles. The molecule has 0 aliphatic heterocycles. The van der Waals surface area contributed by atoms with Crippen LogP contribution >= 0.6 is 0 Å². The highest BCUT2D eigenvalue weighted by molar-refractivity contribution is 7.81. The fraction of sp³-hybridized carbons (Fsp3) is 0.455. The summed E-state index contributed by atoms with van der Waals surface area (Å²) in [5, 5.41) is 0. The lowest BCUT2D eigenvalue weighted by molar-refractivity contribution is 0.212. The van der Waals surface area contributed by atoms with Crippen molar-refractivity contribution in [1.82, 2.24) is 0 Å². The lowest BCUT2D eigenvalue weighted by Crippen LogP contribution is -2.11. The minimum absolute atomic E-state index is 0. The number of ether oxygens (including phenoxy) is 1. The second kappa shape index (κ2) is 8.32. The van der Waals surface area contributed by atoms with Gasteiger partial charge in [-0.3, -0.25) is 8.74 Å². The van der Waals surface area contributed by atoms with E-state index in [1.54, 1.807) is 25.1 Å². The van der Waals surface area contributed by atoms with Crippen molar-refractivity contribution < 1.29 is 30.3 Å². The molecule has 1 aromatic rings. The second-order valence-electron chi connectivity index (χ2n) is 3.44. The molecule has 116 valence electrons. The van der Waals surface area contributed by atoms with E-state index in [0.717, 1.165) is 5.56 Å². The fourth-order valence-corrected chi connectivity index (χ4v) is 2.36. The van der Waals surface area contributed by atoms with Crippen molar-refractivity contribution in [3.05, 3.63) is 23.8 Å². The Morgan fingerprint density at radius 1 is 1.30 bits per heavy atom. The van der Waals surface area contributed by atoms with Crippen LogP contribution in [0.25, 0.3) is 0 Å². The maximum atomic E-state index is 11.7. The molecule has 1 rings (SSSR count). The SMILES string of the molecule is C.COc1ccc(S(=O)OCCOS(=O)(=O)O)cc1C. The number of hydrogen-bond acceptors (Lipinski definition) is 6. The smallest absolute Gasteiger partial charge is 0.397 e. The lowest BCUT2D eigenvalue weighted by Gasteiger charge is -2.07. The van der Waals surface area contributed by atoms with Gasteiger partial charge in [0.2, 0.25) is 0 Å². The van der Waals surface area contributed by atoms with Crippen LogP contribution in [-0.2, 0) is 29.8 Å². The number of benzene rings is 1. The lowest BCUT2D eigenvalue weighted by atomic mass is 10.2. The summed E-state index contributed by atoms with van der Waals surface area (Å²) in [4.78, 5) is 0.421. The topological polar surface area (TPSA) is 99.1 Å². The summed E-state index contributed by atoms with van der Waals surface area (Å²) >= 11 is -1.74. The highest BCUT2D eigenvalue weighted by Crippen LogP contribution is 2.20. The summed E-state index contributed by atoms with van der Waals surface area (Å²) in [6.45, 7) is 1.14. The highest BCUT2D eigenvalue weighted by Gasteiger charge is 2.09. The third-order valence-electron chi connectivity index (χ3n) is 2.06. The van der Waals surface area contributed by atoms with Gasteiger partial charge in [-0.05, 0) is 30.7 Å². The summed E-state index contributed by atoms with van der Waals surface area (Å²) in [5.41, 5.74) is 0.797. The molecule has 1 N–H and O–H groups in total. The van der Waals surface area contributed by atoms with E-state index >= 15 is 0 Å². The van der Waals surface area contributed by atoms with Crippen molar-refractivity contribution >= 4 is 21.5 Å². The maximum absolute atomic E-state index is 11.7. The molecule has 0 saturated carbocycles. The molecule has 0 aliphatic rings. The van der Waals surface area contributed by atoms with E-state index in [0.29, 0.717) is 10.6 Å². The predicted molar refractivity (Wildman–Crippen MR) is 74.3 cm³/mol. The Kier molecular flexibility index (Phi) is 7.91. The number of hydrogen-bond donors (Lipinski definition) is 1. The van der Waals surface area contributed by atoms with Crippen LogP contribution in [0.2, 0.25) is 0 Å². The summed E-state index contributed by atoms with van der Waals surface area (Å²) in [6.07, 6.45) is 0. The molecule has 0 aliphatic carbocycles. The van der Waals surface area contributed by atoms with Crippen LogP contribution in [0, 0.1) is 6.92 Å². The van der Waals surface area contributed by atoms with Crippen LogP contribution in [0.3, 0.4) is 0 Å². The molecule has 1 unspecified atom stereocenters. The molecule has 0 radical (unpaired) electrons. The number of aryl methyl sites for hydroxylation is 1. The minimum atomic E-state index is -4.50. The van der Waals surface area contributed by atoms with Gasteiger partial charge in [-0.25, -0.2) is 8.39 Å². The Morgan fingerprint density at radius 2 is 1.95 bits per heavy atom. The van der Waals surface area contributed by atoms with Crippen LogP contribution in [0.4, 0.5) is 0 Å². The highest BCUT2D eigenvalue weighted by atomic mass is 32.3. The molecule has 0 amide bonds. The predicted octanol–water partition coefficient (Wildman–Crippen LogP) is 1.50. The Balaban J connectivity index is 0.00000361. The third kappa shape index (κ3) is 6.44. The minimum Gasteiger partial charge on any atom is -0.496 e. The van der Waals surface area contributed by atoms with Crippen LogP contribution in [-0.4, -0.2) is 37.5 Å². The first-order valence-corrected chi connectivity index (χ1v) is 7.59. The van der Waals surface area contributed by atoms with E-state index in [4.69, 9.17) is 13.5 Å². The zero-order valence-corrected chi connectivity index (χ0v) is 12.0. The molecule has 1 atom stereocenters. The van der Waals surface area contributed by atoms with Gasteiger partial charge < -0.3 is 4.74 Å². The number of methoxy groups -OCH3 is 1. The molecule has 0 fully saturated rings. The summed E-state index contributed by atoms with van der Waals surface area (Å²) < 4.78 is 54.5. The van der Waals surface area contributed by atoms with Gasteiger partial charge in [0.1, 0.15) is 5.75 Å². The van der Waals surface area contributed by atoms with Crippen molar-refractivity contribution in [2.75, 3.05) is 20.3 Å². The van der Waals surface area contributed by atoms with E-state index in [1.165, 1.54) is 7.11 Å². The molecule has 0 spiro atoms. The molecular weight excluding hydrogens is 308 g/mol. The summed E-state index contributed by atoms with van der Waals surface area (Å²) in [7, 11) is -2.97. The van der Waals surface area contributed by atoms with Crippen molar-refractivity contribution in [3.63, 3.8) is 0 Å². The van der Waals surface area contributed by atoms with Gasteiger partial charge in [0.05, 0.1) is 25.2 Å². The third-order valence-corrected chi connectivity index (χ3v) is 3.55. The van der Waals surface area contributed by atoms with Gasteiger partial charge in [-0.2, -0.15) is 8.42 Å². The Morgan fingerprint density at radius 3 is 2.45 bits per heavy atom. The molecule has 1 aromatic carbocycles. The van der Waals surface area contributed by atoms with Gasteiger partial charge in [0.15, 0.2) is 11.1 Å². The van der Waals surface area contributed by atoms with Gasteiger partial charge in [0.25, 0.3) is 0 Å². The molecular formula is C11H18O7S2. The molecule has 0 aromatic heterocycles. The second-order valence-corrected chi connectivity index (χ2v) is 5.71. The molecule has 0 saturated heterocycles. The Bertz CT molecular complexity index is 554. The first kappa shape index (κ1) is 19.0. The van der Waals surface area contributed by atoms with E-state index in [-0.39, 0.29) is 14.0 Å². The van der Waals surface area contributed by atoms with Crippen LogP contribution in [0.5, 0.6) is 5.75 Å². The first-order valence-electron chi connectivity index (χ1n) is 5.15. The molecule has 9 heteroatoms. The maximum Gasteiger partial charge on any atom is 0.397 e. The molecule has 20 heavy (non-hydrogen) atoms. The van der Waals surface area contributed by atoms with Crippen molar-refractivity contribution in [1.29, 1.82) is 0 Å². The van der Waals surface area contributed by atoms with Crippen LogP contribution in [0.1, 0.15) is 13.0 Å². The van der Waals surface area contributed by atoms with Crippen LogP contribution < -0.4 is 4.74 Å². The van der Waals surface area contributed by atoms with Gasteiger partial charge in [0, 0.05) is 0 Å². The van der Waals surface area contributed by atoms with Gasteiger partial charge in [-0.15, -0.1) is 0 Å². The monoisotopic (exact) mass is 326 g/mol. The van der Waals surface area contributed by atoms with E-state index in [2.05, 4.69) is 4.18 Å². The standard InChI is InChI=1S/C10H14O7S2.CH4/c1-8-7-9(3-4-10(8)15-2)18(11)16-5-6-17-19(12,13)14;/h3-4,7H,5-6H2,1-2H3,(H,12,13,14);1H4. The van der Waals surface area contributed by atoms with Gasteiger partial charge in [-0.1, -0.05) is 7.43 Å².